The minimum Gasteiger partial charge on any atom is -0.334 e. The molecule has 0 aromatic carbocycles. The molecule has 0 radical (unpaired) electrons. The van der Waals surface area contributed by atoms with Crippen LogP contribution in [0.1, 0.15) is 25.7 Å². The van der Waals surface area contributed by atoms with E-state index in [1.54, 1.807) is 0 Å². The second kappa shape index (κ2) is 6.06. The summed E-state index contributed by atoms with van der Waals surface area (Å²) in [6.45, 7) is 3.95. The second-order valence-electron chi connectivity index (χ2n) is 4.70. The van der Waals surface area contributed by atoms with Gasteiger partial charge in [-0.1, -0.05) is 0 Å². The first kappa shape index (κ1) is 11.7. The number of rotatable bonds is 2. The van der Waals surface area contributed by atoms with Crippen LogP contribution in [-0.4, -0.2) is 44.3 Å². The lowest BCUT2D eigenvalue weighted by molar-refractivity contribution is 0.227. The normalized spacial score (nSPS) is 30.8. The third-order valence-corrected chi connectivity index (χ3v) is 3.26. The molecule has 4 N–H and O–H groups in total. The van der Waals surface area contributed by atoms with Crippen LogP contribution in [-0.2, 0) is 0 Å². The molecule has 2 fully saturated rings. The van der Waals surface area contributed by atoms with Crippen molar-refractivity contribution in [2.45, 2.75) is 37.8 Å². The van der Waals surface area contributed by atoms with Gasteiger partial charge in [0.1, 0.15) is 0 Å². The summed E-state index contributed by atoms with van der Waals surface area (Å²) in [6.07, 6.45) is 4.47. The Kier molecular flexibility index (Phi) is 4.42. The number of nitrogens with one attached hydrogen (secondary N) is 4. The molecule has 16 heavy (non-hydrogen) atoms. The predicted molar refractivity (Wildman–Crippen MR) is 63.5 cm³/mol. The van der Waals surface area contributed by atoms with Crippen molar-refractivity contribution in [1.82, 2.24) is 21.3 Å². The van der Waals surface area contributed by atoms with Gasteiger partial charge in [0, 0.05) is 25.2 Å². The van der Waals surface area contributed by atoms with Crippen molar-refractivity contribution in [3.05, 3.63) is 0 Å². The summed E-state index contributed by atoms with van der Waals surface area (Å²) in [5.41, 5.74) is 0. The predicted octanol–water partition coefficient (Wildman–Crippen LogP) is -0.210. The third kappa shape index (κ3) is 3.64. The molecule has 2 amide bonds. The number of amides is 2. The molecule has 0 spiro atoms. The van der Waals surface area contributed by atoms with Crippen LogP contribution in [0, 0.1) is 0 Å². The van der Waals surface area contributed by atoms with Gasteiger partial charge in [0.05, 0.1) is 0 Å². The van der Waals surface area contributed by atoms with Crippen molar-refractivity contribution in [1.29, 1.82) is 0 Å². The van der Waals surface area contributed by atoms with Crippen LogP contribution >= 0.6 is 0 Å². The van der Waals surface area contributed by atoms with E-state index in [2.05, 4.69) is 21.3 Å². The number of hydrogen-bond donors (Lipinski definition) is 4. The Morgan fingerprint density at radius 2 is 1.44 bits per heavy atom. The van der Waals surface area contributed by atoms with Crippen LogP contribution in [0.2, 0.25) is 0 Å². The first-order valence-electron chi connectivity index (χ1n) is 6.33. The maximum atomic E-state index is 11.7. The summed E-state index contributed by atoms with van der Waals surface area (Å²) < 4.78 is 0. The Hall–Kier alpha value is -0.810. The molecule has 0 saturated carbocycles. The Labute approximate surface area is 96.7 Å². The molecule has 2 aliphatic rings. The van der Waals surface area contributed by atoms with Crippen molar-refractivity contribution in [3.8, 4) is 0 Å². The first-order valence-corrected chi connectivity index (χ1v) is 6.33. The fraction of sp³-hybridized carbons (Fsp3) is 0.909. The standard InChI is InChI=1S/C11H22N4O/c16-11(14-9-3-1-5-12-7-9)15-10-4-2-6-13-8-10/h9-10,12-13H,1-8H2,(H2,14,15,16). The van der Waals surface area contributed by atoms with E-state index in [1.807, 2.05) is 0 Å². The van der Waals surface area contributed by atoms with E-state index < -0.39 is 0 Å². The molecule has 2 atom stereocenters. The zero-order valence-corrected chi connectivity index (χ0v) is 9.72. The van der Waals surface area contributed by atoms with Gasteiger partial charge in [-0.05, 0) is 38.8 Å². The monoisotopic (exact) mass is 226 g/mol. The highest BCUT2D eigenvalue weighted by molar-refractivity contribution is 5.74. The zero-order valence-electron chi connectivity index (χ0n) is 9.72. The number of carbonyl (C=O) groups is 1. The van der Waals surface area contributed by atoms with Crippen molar-refractivity contribution in [2.75, 3.05) is 26.2 Å². The highest BCUT2D eigenvalue weighted by Gasteiger charge is 2.18. The fourth-order valence-electron chi connectivity index (χ4n) is 2.36. The van der Waals surface area contributed by atoms with Gasteiger partial charge < -0.3 is 21.3 Å². The van der Waals surface area contributed by atoms with Crippen LogP contribution in [0.25, 0.3) is 0 Å². The number of urea groups is 1. The molecule has 0 bridgehead atoms. The molecule has 2 saturated heterocycles. The summed E-state index contributed by atoms with van der Waals surface area (Å²) in [4.78, 5) is 11.7. The quantitative estimate of drug-likeness (QED) is 0.527. The van der Waals surface area contributed by atoms with Gasteiger partial charge >= 0.3 is 6.03 Å². The minimum absolute atomic E-state index is 0.0117. The van der Waals surface area contributed by atoms with E-state index in [1.165, 1.54) is 0 Å². The van der Waals surface area contributed by atoms with Gasteiger partial charge in [0.2, 0.25) is 0 Å². The molecule has 2 aliphatic heterocycles. The van der Waals surface area contributed by atoms with Gasteiger partial charge in [-0.3, -0.25) is 0 Å². The highest BCUT2D eigenvalue weighted by Crippen LogP contribution is 2.03. The van der Waals surface area contributed by atoms with E-state index >= 15 is 0 Å². The fourth-order valence-corrected chi connectivity index (χ4v) is 2.36. The summed E-state index contributed by atoms with van der Waals surface area (Å²) in [5.74, 6) is 0. The first-order chi connectivity index (χ1) is 7.84. The lowest BCUT2D eigenvalue weighted by Crippen LogP contribution is -2.53. The number of hydrogen-bond acceptors (Lipinski definition) is 3. The van der Waals surface area contributed by atoms with Crippen molar-refractivity contribution in [3.63, 3.8) is 0 Å². The molecule has 2 unspecified atom stereocenters. The largest absolute Gasteiger partial charge is 0.334 e. The molecule has 5 nitrogen and oxygen atoms in total. The minimum atomic E-state index is -0.0117. The van der Waals surface area contributed by atoms with Crippen LogP contribution in [0.15, 0.2) is 0 Å². The maximum Gasteiger partial charge on any atom is 0.315 e. The van der Waals surface area contributed by atoms with Crippen molar-refractivity contribution >= 4 is 6.03 Å². The third-order valence-electron chi connectivity index (χ3n) is 3.26. The molecule has 92 valence electrons. The molecular formula is C11H22N4O. The SMILES string of the molecule is O=C(NC1CCCNC1)NC1CCCNC1. The summed E-state index contributed by atoms with van der Waals surface area (Å²) in [5, 5.41) is 12.6. The van der Waals surface area contributed by atoms with E-state index in [0.717, 1.165) is 51.9 Å². The summed E-state index contributed by atoms with van der Waals surface area (Å²) >= 11 is 0. The Morgan fingerprint density at radius 1 is 0.938 bits per heavy atom. The van der Waals surface area contributed by atoms with Gasteiger partial charge in [0.15, 0.2) is 0 Å². The van der Waals surface area contributed by atoms with Crippen molar-refractivity contribution in [2.24, 2.45) is 0 Å². The number of piperidine rings is 2. The van der Waals surface area contributed by atoms with Crippen LogP contribution < -0.4 is 21.3 Å². The number of carbonyl (C=O) groups excluding carboxylic acids is 1. The van der Waals surface area contributed by atoms with Crippen LogP contribution in [0.5, 0.6) is 0 Å². The van der Waals surface area contributed by atoms with Crippen molar-refractivity contribution < 1.29 is 4.79 Å². The molecule has 0 aromatic heterocycles. The topological polar surface area (TPSA) is 65.2 Å². The van der Waals surface area contributed by atoms with Gasteiger partial charge in [-0.15, -0.1) is 0 Å². The van der Waals surface area contributed by atoms with E-state index in [9.17, 15) is 4.79 Å². The Bertz CT molecular complexity index is 200. The van der Waals surface area contributed by atoms with E-state index in [0.29, 0.717) is 12.1 Å². The highest BCUT2D eigenvalue weighted by atomic mass is 16.2. The molecular weight excluding hydrogens is 204 g/mol. The summed E-state index contributed by atoms with van der Waals surface area (Å²) in [7, 11) is 0. The van der Waals surface area contributed by atoms with Gasteiger partial charge in [-0.2, -0.15) is 0 Å². The van der Waals surface area contributed by atoms with E-state index in [4.69, 9.17) is 0 Å². The second-order valence-corrected chi connectivity index (χ2v) is 4.70. The molecule has 0 aliphatic carbocycles. The molecule has 2 rings (SSSR count). The smallest absolute Gasteiger partial charge is 0.315 e. The Balaban J connectivity index is 1.66. The van der Waals surface area contributed by atoms with Gasteiger partial charge in [0.25, 0.3) is 0 Å². The van der Waals surface area contributed by atoms with Crippen LogP contribution in [0.4, 0.5) is 4.79 Å². The molecule has 5 heteroatoms. The lowest BCUT2D eigenvalue weighted by atomic mass is 10.1. The zero-order chi connectivity index (χ0) is 11.2. The summed E-state index contributed by atoms with van der Waals surface area (Å²) in [6, 6.07) is 0.581. The maximum absolute atomic E-state index is 11.7. The average molecular weight is 226 g/mol. The van der Waals surface area contributed by atoms with Gasteiger partial charge in [-0.25, -0.2) is 4.79 Å². The molecule has 2 heterocycles. The Morgan fingerprint density at radius 3 is 1.81 bits per heavy atom. The van der Waals surface area contributed by atoms with E-state index in [-0.39, 0.29) is 6.03 Å². The average Bonchev–Trinajstić information content (AvgIpc) is 2.31. The lowest BCUT2D eigenvalue weighted by Gasteiger charge is -2.27. The molecule has 0 aromatic rings. The van der Waals surface area contributed by atoms with Crippen LogP contribution in [0.3, 0.4) is 0 Å².